The Bertz CT molecular complexity index is 599. The Morgan fingerprint density at radius 1 is 1.43 bits per heavy atom. The summed E-state index contributed by atoms with van der Waals surface area (Å²) in [6, 6.07) is 3.42. The zero-order valence-corrected chi connectivity index (χ0v) is 13.7. The highest BCUT2D eigenvalue weighted by molar-refractivity contribution is 7.80. The second kappa shape index (κ2) is 7.16. The van der Waals surface area contributed by atoms with E-state index in [0.717, 1.165) is 5.56 Å². The number of pyridine rings is 1. The van der Waals surface area contributed by atoms with Gasteiger partial charge in [-0.05, 0) is 30.5 Å². The molecular weight excluding hydrogens is 322 g/mol. The summed E-state index contributed by atoms with van der Waals surface area (Å²) in [7, 11) is 0. The fourth-order valence-corrected chi connectivity index (χ4v) is 2.61. The highest BCUT2D eigenvalue weighted by Crippen LogP contribution is 2.34. The lowest BCUT2D eigenvalue weighted by molar-refractivity contribution is -0.119. The fourth-order valence-electron chi connectivity index (χ4n) is 2.51. The first-order valence-electron chi connectivity index (χ1n) is 7.45. The third kappa shape index (κ3) is 5.38. The maximum absolute atomic E-state index is 13.2. The molecule has 0 atom stereocenters. The number of halogens is 2. The van der Waals surface area contributed by atoms with Crippen molar-refractivity contribution < 1.29 is 13.6 Å². The molecule has 126 valence electrons. The number of rotatable bonds is 5. The normalized spacial score (nSPS) is 17.5. The zero-order valence-electron chi connectivity index (χ0n) is 12.9. The molecule has 0 radical (unpaired) electrons. The van der Waals surface area contributed by atoms with Gasteiger partial charge < -0.3 is 16.4 Å². The van der Waals surface area contributed by atoms with Gasteiger partial charge in [-0.15, -0.1) is 0 Å². The van der Waals surface area contributed by atoms with Gasteiger partial charge in [0.05, 0.1) is 5.69 Å². The van der Waals surface area contributed by atoms with Gasteiger partial charge >= 0.3 is 0 Å². The average molecular weight is 342 g/mol. The van der Waals surface area contributed by atoms with Crippen LogP contribution in [0.15, 0.2) is 12.1 Å². The van der Waals surface area contributed by atoms with Crippen molar-refractivity contribution in [1.82, 2.24) is 10.3 Å². The number of thiocarbonyl (C=S) groups is 1. The van der Waals surface area contributed by atoms with Crippen LogP contribution in [0.25, 0.3) is 0 Å². The van der Waals surface area contributed by atoms with Gasteiger partial charge in [-0.3, -0.25) is 4.79 Å². The van der Waals surface area contributed by atoms with Gasteiger partial charge in [0.1, 0.15) is 10.8 Å². The Morgan fingerprint density at radius 3 is 2.65 bits per heavy atom. The molecule has 0 aliphatic heterocycles. The molecule has 1 aliphatic rings. The summed E-state index contributed by atoms with van der Waals surface area (Å²) in [4.78, 5) is 15.5. The number of alkyl halides is 2. The molecule has 1 aromatic rings. The first-order chi connectivity index (χ1) is 10.7. The van der Waals surface area contributed by atoms with Crippen LogP contribution in [0.5, 0.6) is 0 Å². The van der Waals surface area contributed by atoms with E-state index in [0.29, 0.717) is 30.9 Å². The minimum atomic E-state index is -2.57. The van der Waals surface area contributed by atoms with Gasteiger partial charge in [0.25, 0.3) is 0 Å². The molecule has 0 saturated heterocycles. The number of carbonyl (C=O) groups is 1. The van der Waals surface area contributed by atoms with Crippen molar-refractivity contribution in [1.29, 1.82) is 0 Å². The smallest absolute Gasteiger partial charge is 0.248 e. The number of nitrogens with one attached hydrogen (secondary N) is 2. The molecule has 1 amide bonds. The van der Waals surface area contributed by atoms with E-state index in [9.17, 15) is 13.6 Å². The fraction of sp³-hybridized carbons (Fsp3) is 0.533. The third-order valence-electron chi connectivity index (χ3n) is 3.75. The molecule has 1 fully saturated rings. The molecule has 23 heavy (non-hydrogen) atoms. The van der Waals surface area contributed by atoms with Crippen molar-refractivity contribution in [2.24, 2.45) is 5.73 Å². The molecular formula is C15H20F2N4OS. The van der Waals surface area contributed by atoms with Gasteiger partial charge in [-0.1, -0.05) is 12.2 Å². The molecule has 8 heteroatoms. The zero-order chi connectivity index (χ0) is 17.0. The van der Waals surface area contributed by atoms with Crippen LogP contribution >= 0.6 is 12.2 Å². The van der Waals surface area contributed by atoms with Crippen LogP contribution in [0.2, 0.25) is 0 Å². The molecule has 0 unspecified atom stereocenters. The molecule has 1 saturated carbocycles. The number of nitrogens with zero attached hydrogens (tertiary/aromatic N) is 1. The van der Waals surface area contributed by atoms with Crippen LogP contribution in [0, 0.1) is 0 Å². The minimum Gasteiger partial charge on any atom is -0.388 e. The number of nitrogens with two attached hydrogens (primary N) is 1. The van der Waals surface area contributed by atoms with E-state index in [1.807, 2.05) is 0 Å². The van der Waals surface area contributed by atoms with E-state index in [4.69, 9.17) is 18.0 Å². The maximum Gasteiger partial charge on any atom is 0.248 e. The third-order valence-corrected chi connectivity index (χ3v) is 3.96. The van der Waals surface area contributed by atoms with Gasteiger partial charge in [0.2, 0.25) is 11.8 Å². The van der Waals surface area contributed by atoms with Crippen LogP contribution in [0.3, 0.4) is 0 Å². The van der Waals surface area contributed by atoms with Crippen molar-refractivity contribution in [3.8, 4) is 0 Å². The van der Waals surface area contributed by atoms with Crippen molar-refractivity contribution >= 4 is 28.9 Å². The topological polar surface area (TPSA) is 80.0 Å². The molecule has 4 N–H and O–H groups in total. The highest BCUT2D eigenvalue weighted by atomic mass is 32.1. The molecule has 1 aromatic heterocycles. The maximum atomic E-state index is 13.2. The van der Waals surface area contributed by atoms with Gasteiger partial charge in [-0.2, -0.15) is 0 Å². The lowest BCUT2D eigenvalue weighted by atomic mass is 9.92. The minimum absolute atomic E-state index is 0.0580. The Balaban J connectivity index is 2.10. The van der Waals surface area contributed by atoms with E-state index in [1.54, 1.807) is 12.1 Å². The highest BCUT2D eigenvalue weighted by Gasteiger charge is 2.34. The van der Waals surface area contributed by atoms with Crippen LogP contribution in [-0.2, 0) is 11.3 Å². The van der Waals surface area contributed by atoms with E-state index < -0.39 is 5.92 Å². The van der Waals surface area contributed by atoms with E-state index >= 15 is 0 Å². The van der Waals surface area contributed by atoms with Crippen LogP contribution in [0.4, 0.5) is 14.6 Å². The van der Waals surface area contributed by atoms with Crippen LogP contribution in [0.1, 0.15) is 43.9 Å². The second-order valence-electron chi connectivity index (χ2n) is 5.79. The standard InChI is InChI=1S/C15H20F2N4OS/c1-9(22)19-8-10-6-12(14(18)23)21-13(7-10)20-11-2-4-15(16,17)5-3-11/h6-7,11H,2-5,8H2,1H3,(H2,18,23)(H,19,22)(H,20,21). The van der Waals surface area contributed by atoms with Crippen molar-refractivity contribution in [3.05, 3.63) is 23.4 Å². The predicted octanol–water partition coefficient (Wildman–Crippen LogP) is 2.34. The van der Waals surface area contributed by atoms with Crippen LogP contribution in [-0.4, -0.2) is 27.8 Å². The number of aromatic nitrogens is 1. The molecule has 0 aromatic carbocycles. The second-order valence-corrected chi connectivity index (χ2v) is 6.23. The van der Waals surface area contributed by atoms with E-state index in [-0.39, 0.29) is 29.8 Å². The molecule has 2 rings (SSSR count). The number of carbonyl (C=O) groups excluding carboxylic acids is 1. The average Bonchev–Trinajstić information content (AvgIpc) is 2.47. The quantitative estimate of drug-likeness (QED) is 0.716. The van der Waals surface area contributed by atoms with Gasteiger partial charge in [-0.25, -0.2) is 13.8 Å². The summed E-state index contributed by atoms with van der Waals surface area (Å²) in [5.74, 6) is -2.18. The molecule has 1 aliphatic carbocycles. The van der Waals surface area contributed by atoms with Crippen molar-refractivity contribution in [2.45, 2.75) is 51.1 Å². The molecule has 0 spiro atoms. The largest absolute Gasteiger partial charge is 0.388 e. The van der Waals surface area contributed by atoms with Gasteiger partial charge in [0.15, 0.2) is 0 Å². The monoisotopic (exact) mass is 342 g/mol. The molecule has 0 bridgehead atoms. The summed E-state index contributed by atoms with van der Waals surface area (Å²) in [5.41, 5.74) is 6.86. The Kier molecular flexibility index (Phi) is 5.46. The van der Waals surface area contributed by atoms with Crippen LogP contribution < -0.4 is 16.4 Å². The summed E-state index contributed by atoms with van der Waals surface area (Å²) >= 11 is 4.95. The number of hydrogen-bond acceptors (Lipinski definition) is 4. The first-order valence-corrected chi connectivity index (χ1v) is 7.85. The summed E-state index contributed by atoms with van der Waals surface area (Å²) < 4.78 is 26.4. The summed E-state index contributed by atoms with van der Waals surface area (Å²) in [6.45, 7) is 1.75. The summed E-state index contributed by atoms with van der Waals surface area (Å²) in [5, 5.41) is 5.86. The Hall–Kier alpha value is -1.83. The van der Waals surface area contributed by atoms with Crippen molar-refractivity contribution in [3.63, 3.8) is 0 Å². The lowest BCUT2D eigenvalue weighted by Crippen LogP contribution is -2.32. The van der Waals surface area contributed by atoms with Gasteiger partial charge in [0, 0.05) is 32.4 Å². The lowest BCUT2D eigenvalue weighted by Gasteiger charge is -2.29. The summed E-state index contributed by atoms with van der Waals surface area (Å²) in [6.07, 6.45) is 0.511. The van der Waals surface area contributed by atoms with Crippen molar-refractivity contribution in [2.75, 3.05) is 5.32 Å². The number of anilines is 1. The number of hydrogen-bond donors (Lipinski definition) is 3. The first kappa shape index (κ1) is 17.5. The molecule has 5 nitrogen and oxygen atoms in total. The predicted molar refractivity (Wildman–Crippen MR) is 88.5 cm³/mol. The molecule has 1 heterocycles. The SMILES string of the molecule is CC(=O)NCc1cc(NC2CCC(F)(F)CC2)nc(C(N)=S)c1. The van der Waals surface area contributed by atoms with E-state index in [2.05, 4.69) is 15.6 Å². The Morgan fingerprint density at radius 2 is 2.09 bits per heavy atom. The number of amides is 1. The Labute approximate surface area is 139 Å². The van der Waals surface area contributed by atoms with E-state index in [1.165, 1.54) is 6.92 Å².